The molecule has 0 spiro atoms. The summed E-state index contributed by atoms with van der Waals surface area (Å²) in [5.41, 5.74) is 0.699. The smallest absolute Gasteiger partial charge is 0.268 e. The number of anilines is 1. The molecule has 2 amide bonds. The van der Waals surface area contributed by atoms with E-state index >= 15 is 0 Å². The van der Waals surface area contributed by atoms with Gasteiger partial charge in [0.25, 0.3) is 5.56 Å². The third kappa shape index (κ3) is 5.08. The molecule has 2 rings (SSSR count). The van der Waals surface area contributed by atoms with Crippen molar-refractivity contribution in [3.05, 3.63) is 22.6 Å². The van der Waals surface area contributed by atoms with E-state index in [1.165, 1.54) is 11.6 Å². The average molecular weight is 321 g/mol. The van der Waals surface area contributed by atoms with E-state index < -0.39 is 0 Å². The van der Waals surface area contributed by atoms with Gasteiger partial charge in [-0.2, -0.15) is 5.10 Å². The number of aryl methyl sites for hydroxylation is 1. The number of amides is 2. The molecule has 0 aromatic carbocycles. The summed E-state index contributed by atoms with van der Waals surface area (Å²) < 4.78 is 1.30. The second-order valence-corrected chi connectivity index (χ2v) is 5.81. The Morgan fingerprint density at radius 3 is 2.87 bits per heavy atom. The molecule has 1 fully saturated rings. The maximum absolute atomic E-state index is 11.7. The highest BCUT2D eigenvalue weighted by Gasteiger charge is 2.23. The molecule has 1 aliphatic rings. The first-order valence-corrected chi connectivity index (χ1v) is 7.75. The number of carbonyl (C=O) groups is 2. The Balaban J connectivity index is 1.75. The molecule has 8 heteroatoms. The minimum absolute atomic E-state index is 0.0625. The normalized spacial score (nSPS) is 17.1. The fraction of sp³-hybridized carbons (Fsp3) is 0.600. The topological polar surface area (TPSA) is 96.3 Å². The fourth-order valence-electron chi connectivity index (χ4n) is 2.57. The van der Waals surface area contributed by atoms with Crippen molar-refractivity contribution in [2.24, 2.45) is 13.0 Å². The van der Waals surface area contributed by atoms with Gasteiger partial charge in [0.05, 0.1) is 11.9 Å². The van der Waals surface area contributed by atoms with Gasteiger partial charge in [-0.3, -0.25) is 14.4 Å². The van der Waals surface area contributed by atoms with Gasteiger partial charge in [-0.05, 0) is 12.3 Å². The summed E-state index contributed by atoms with van der Waals surface area (Å²) >= 11 is 0. The van der Waals surface area contributed by atoms with Gasteiger partial charge in [-0.1, -0.05) is 0 Å². The van der Waals surface area contributed by atoms with Crippen molar-refractivity contribution in [1.82, 2.24) is 20.4 Å². The molecule has 0 unspecified atom stereocenters. The van der Waals surface area contributed by atoms with Crippen LogP contribution in [0.25, 0.3) is 0 Å². The Bertz CT molecular complexity index is 628. The summed E-state index contributed by atoms with van der Waals surface area (Å²) in [5, 5.41) is 9.52. The minimum Gasteiger partial charge on any atom is -0.370 e. The van der Waals surface area contributed by atoms with Gasteiger partial charge in [0.2, 0.25) is 11.8 Å². The van der Waals surface area contributed by atoms with Crippen molar-refractivity contribution < 1.29 is 9.59 Å². The van der Waals surface area contributed by atoms with E-state index in [9.17, 15) is 14.4 Å². The van der Waals surface area contributed by atoms with Crippen LogP contribution in [0, 0.1) is 5.92 Å². The molecular formula is C15H23N5O3. The molecule has 1 atom stereocenters. The molecule has 0 bridgehead atoms. The lowest BCUT2D eigenvalue weighted by Gasteiger charge is -2.18. The van der Waals surface area contributed by atoms with Crippen LogP contribution in [-0.4, -0.2) is 47.8 Å². The Morgan fingerprint density at radius 1 is 1.39 bits per heavy atom. The molecule has 1 saturated heterocycles. The summed E-state index contributed by atoms with van der Waals surface area (Å²) in [6, 6.07) is 1.58. The quantitative estimate of drug-likeness (QED) is 0.719. The van der Waals surface area contributed by atoms with E-state index in [2.05, 4.69) is 20.6 Å². The maximum Gasteiger partial charge on any atom is 0.268 e. The molecule has 2 N–H and O–H groups in total. The predicted molar refractivity (Wildman–Crippen MR) is 86.1 cm³/mol. The zero-order chi connectivity index (χ0) is 16.8. The van der Waals surface area contributed by atoms with E-state index in [1.807, 2.05) is 0 Å². The van der Waals surface area contributed by atoms with Crippen LogP contribution in [0.4, 0.5) is 5.69 Å². The van der Waals surface area contributed by atoms with E-state index in [1.54, 1.807) is 19.3 Å². The van der Waals surface area contributed by atoms with Gasteiger partial charge >= 0.3 is 0 Å². The number of nitrogens with zero attached hydrogens (tertiary/aromatic N) is 3. The molecule has 126 valence electrons. The highest BCUT2D eigenvalue weighted by Crippen LogP contribution is 2.21. The average Bonchev–Trinajstić information content (AvgIpc) is 2.96. The van der Waals surface area contributed by atoms with E-state index in [4.69, 9.17) is 0 Å². The second-order valence-electron chi connectivity index (χ2n) is 5.81. The SMILES string of the molecule is CC(=O)NCCC(=O)NC[C@H]1CCN(c2cnn(C)c(=O)c2)C1. The van der Waals surface area contributed by atoms with Crippen molar-refractivity contribution in [2.75, 3.05) is 31.1 Å². The second kappa shape index (κ2) is 7.75. The number of nitrogens with one attached hydrogen (secondary N) is 2. The van der Waals surface area contributed by atoms with Crippen molar-refractivity contribution in [3.8, 4) is 0 Å². The molecule has 0 saturated carbocycles. The molecule has 8 nitrogen and oxygen atoms in total. The van der Waals surface area contributed by atoms with Gasteiger partial charge < -0.3 is 15.5 Å². The molecule has 0 radical (unpaired) electrons. The van der Waals surface area contributed by atoms with Crippen molar-refractivity contribution in [2.45, 2.75) is 19.8 Å². The Kier molecular flexibility index (Phi) is 5.72. The standard InChI is InChI=1S/C15H23N5O3/c1-11(21)16-5-3-14(22)17-8-12-4-6-20(10-12)13-7-15(23)19(2)18-9-13/h7,9,12H,3-6,8,10H2,1-2H3,(H,16,21)(H,17,22)/t12-/m1/s1. The van der Waals surface area contributed by atoms with Crippen LogP contribution in [0.15, 0.2) is 17.1 Å². The summed E-state index contributed by atoms with van der Waals surface area (Å²) in [6.45, 7) is 4.03. The summed E-state index contributed by atoms with van der Waals surface area (Å²) in [6.07, 6.45) is 2.94. The number of rotatable bonds is 6. The summed E-state index contributed by atoms with van der Waals surface area (Å²) in [4.78, 5) is 36.2. The fourth-order valence-corrected chi connectivity index (χ4v) is 2.57. The summed E-state index contributed by atoms with van der Waals surface area (Å²) in [7, 11) is 1.62. The largest absolute Gasteiger partial charge is 0.370 e. The van der Waals surface area contributed by atoms with Gasteiger partial charge in [0.15, 0.2) is 0 Å². The van der Waals surface area contributed by atoms with Crippen LogP contribution in [0.2, 0.25) is 0 Å². The van der Waals surface area contributed by atoms with Crippen molar-refractivity contribution >= 4 is 17.5 Å². The molecular weight excluding hydrogens is 298 g/mol. The molecule has 23 heavy (non-hydrogen) atoms. The Labute approximate surface area is 134 Å². The number of carbonyl (C=O) groups excluding carboxylic acids is 2. The first-order valence-electron chi connectivity index (χ1n) is 7.75. The van der Waals surface area contributed by atoms with Crippen LogP contribution >= 0.6 is 0 Å². The predicted octanol–water partition coefficient (Wildman–Crippen LogP) is -0.751. The first kappa shape index (κ1) is 17.0. The lowest BCUT2D eigenvalue weighted by molar-refractivity contribution is -0.121. The monoisotopic (exact) mass is 321 g/mol. The number of aromatic nitrogens is 2. The van der Waals surface area contributed by atoms with Crippen molar-refractivity contribution in [3.63, 3.8) is 0 Å². The minimum atomic E-state index is -0.133. The lowest BCUT2D eigenvalue weighted by Crippen LogP contribution is -2.33. The molecule has 0 aliphatic carbocycles. The zero-order valence-corrected chi connectivity index (χ0v) is 13.5. The van der Waals surface area contributed by atoms with Crippen LogP contribution < -0.4 is 21.1 Å². The van der Waals surface area contributed by atoms with E-state index in [0.717, 1.165) is 25.2 Å². The van der Waals surface area contributed by atoms with Gasteiger partial charge in [0, 0.05) is 52.6 Å². The third-order valence-electron chi connectivity index (χ3n) is 3.92. The van der Waals surface area contributed by atoms with E-state index in [-0.39, 0.29) is 23.8 Å². The third-order valence-corrected chi connectivity index (χ3v) is 3.92. The number of hydrogen-bond acceptors (Lipinski definition) is 5. The van der Waals surface area contributed by atoms with Gasteiger partial charge in [-0.15, -0.1) is 0 Å². The molecule has 1 aromatic rings. The maximum atomic E-state index is 11.7. The zero-order valence-electron chi connectivity index (χ0n) is 13.5. The number of hydrogen-bond donors (Lipinski definition) is 2. The lowest BCUT2D eigenvalue weighted by atomic mass is 10.1. The molecule has 1 aromatic heterocycles. The highest BCUT2D eigenvalue weighted by atomic mass is 16.2. The Morgan fingerprint density at radius 2 is 2.17 bits per heavy atom. The van der Waals surface area contributed by atoms with Crippen LogP contribution in [-0.2, 0) is 16.6 Å². The Hall–Kier alpha value is -2.38. The van der Waals surface area contributed by atoms with E-state index in [0.29, 0.717) is 19.0 Å². The molecule has 2 heterocycles. The van der Waals surface area contributed by atoms with Crippen LogP contribution in [0.5, 0.6) is 0 Å². The van der Waals surface area contributed by atoms with Gasteiger partial charge in [0.1, 0.15) is 0 Å². The first-order chi connectivity index (χ1) is 11.0. The van der Waals surface area contributed by atoms with Crippen molar-refractivity contribution in [1.29, 1.82) is 0 Å². The van der Waals surface area contributed by atoms with Crippen LogP contribution in [0.1, 0.15) is 19.8 Å². The highest BCUT2D eigenvalue weighted by molar-refractivity contribution is 5.77. The molecule has 1 aliphatic heterocycles. The van der Waals surface area contributed by atoms with Crippen LogP contribution in [0.3, 0.4) is 0 Å². The van der Waals surface area contributed by atoms with Gasteiger partial charge in [-0.25, -0.2) is 4.68 Å². The summed E-state index contributed by atoms with van der Waals surface area (Å²) in [5.74, 6) is 0.156.